The lowest BCUT2D eigenvalue weighted by atomic mass is 10.2. The summed E-state index contributed by atoms with van der Waals surface area (Å²) in [5.74, 6) is 1.66. The number of imidazole rings is 1. The van der Waals surface area contributed by atoms with Crippen LogP contribution in [0, 0.1) is 0 Å². The smallest absolute Gasteiger partial charge is 0.225 e. The first kappa shape index (κ1) is 17.7. The van der Waals surface area contributed by atoms with Gasteiger partial charge < -0.3 is 19.1 Å². The van der Waals surface area contributed by atoms with Crippen molar-refractivity contribution in [2.24, 2.45) is 0 Å². The number of aromatic nitrogens is 6. The summed E-state index contributed by atoms with van der Waals surface area (Å²) in [5, 5.41) is 0. The lowest BCUT2D eigenvalue weighted by Gasteiger charge is -2.35. The molecule has 0 radical (unpaired) electrons. The molecule has 0 aromatic carbocycles. The fourth-order valence-electron chi connectivity index (χ4n) is 3.83. The van der Waals surface area contributed by atoms with Gasteiger partial charge in [0.1, 0.15) is 6.33 Å². The molecule has 0 saturated carbocycles. The van der Waals surface area contributed by atoms with Gasteiger partial charge in [-0.2, -0.15) is 0 Å². The summed E-state index contributed by atoms with van der Waals surface area (Å²) < 4.78 is 8.73. The molecule has 0 bridgehead atoms. The third-order valence-corrected chi connectivity index (χ3v) is 5.68. The van der Waals surface area contributed by atoms with E-state index >= 15 is 0 Å². The minimum absolute atomic E-state index is 0.255. The Morgan fingerprint density at radius 2 is 1.79 bits per heavy atom. The Hall–Kier alpha value is -2.33. The summed E-state index contributed by atoms with van der Waals surface area (Å²) in [5.41, 5.74) is 1.73. The van der Waals surface area contributed by atoms with Crippen molar-refractivity contribution in [2.45, 2.75) is 25.5 Å². The Kier molecular flexibility index (Phi) is 4.81. The third-order valence-electron chi connectivity index (χ3n) is 5.27. The predicted molar refractivity (Wildman–Crippen MR) is 108 cm³/mol. The standard InChI is InChI=1S/C18H21BrN8O/c19-13-8-20-18(21-9-13)26-5-3-25(4-6-26)16-15-17(23-11-22-16)27(12-24-15)10-14-2-1-7-28-14/h8-9,11-12,14H,1-7,10H2. The van der Waals surface area contributed by atoms with Gasteiger partial charge in [0.05, 0.1) is 23.4 Å². The zero-order chi connectivity index (χ0) is 18.9. The molecule has 28 heavy (non-hydrogen) atoms. The summed E-state index contributed by atoms with van der Waals surface area (Å²) in [6, 6.07) is 0. The molecular formula is C18H21BrN8O. The molecule has 0 aliphatic carbocycles. The van der Waals surface area contributed by atoms with Crippen molar-refractivity contribution in [3.8, 4) is 0 Å². The molecule has 5 heterocycles. The average molecular weight is 445 g/mol. The molecule has 2 aliphatic heterocycles. The zero-order valence-corrected chi connectivity index (χ0v) is 17.0. The number of ether oxygens (including phenoxy) is 1. The highest BCUT2D eigenvalue weighted by molar-refractivity contribution is 9.10. The van der Waals surface area contributed by atoms with Crippen LogP contribution in [0.4, 0.5) is 11.8 Å². The van der Waals surface area contributed by atoms with E-state index in [1.807, 2.05) is 6.33 Å². The Balaban J connectivity index is 1.32. The van der Waals surface area contributed by atoms with Gasteiger partial charge in [-0.25, -0.2) is 24.9 Å². The van der Waals surface area contributed by atoms with Crippen molar-refractivity contribution in [1.29, 1.82) is 0 Å². The van der Waals surface area contributed by atoms with Gasteiger partial charge in [0.25, 0.3) is 0 Å². The van der Waals surface area contributed by atoms with Crippen LogP contribution in [0.15, 0.2) is 29.5 Å². The maximum atomic E-state index is 5.76. The third kappa shape index (κ3) is 3.42. The monoisotopic (exact) mass is 444 g/mol. The van der Waals surface area contributed by atoms with E-state index in [1.165, 1.54) is 0 Å². The van der Waals surface area contributed by atoms with E-state index in [1.54, 1.807) is 18.7 Å². The SMILES string of the molecule is Brc1cnc(N2CCN(c3ncnc4c3ncn4CC3CCCO3)CC2)nc1. The van der Waals surface area contributed by atoms with Gasteiger partial charge in [-0.3, -0.25) is 0 Å². The van der Waals surface area contributed by atoms with E-state index in [0.717, 1.165) is 79.6 Å². The van der Waals surface area contributed by atoms with E-state index in [9.17, 15) is 0 Å². The van der Waals surface area contributed by atoms with E-state index in [-0.39, 0.29) is 6.10 Å². The number of anilines is 2. The molecule has 9 nitrogen and oxygen atoms in total. The molecule has 3 aromatic rings. The van der Waals surface area contributed by atoms with Crippen LogP contribution < -0.4 is 9.80 Å². The molecule has 1 atom stereocenters. The number of fused-ring (bicyclic) bond motifs is 1. The van der Waals surface area contributed by atoms with Crippen LogP contribution in [0.25, 0.3) is 11.2 Å². The second kappa shape index (κ2) is 7.59. The van der Waals surface area contributed by atoms with Crippen LogP contribution in [0.1, 0.15) is 12.8 Å². The Labute approximate surface area is 170 Å². The number of hydrogen-bond acceptors (Lipinski definition) is 8. The van der Waals surface area contributed by atoms with Crippen LogP contribution in [0.2, 0.25) is 0 Å². The molecule has 1 unspecified atom stereocenters. The number of piperazine rings is 1. The first-order chi connectivity index (χ1) is 13.8. The van der Waals surface area contributed by atoms with E-state index in [0.29, 0.717) is 0 Å². The van der Waals surface area contributed by atoms with Gasteiger partial charge in [-0.1, -0.05) is 0 Å². The summed E-state index contributed by atoms with van der Waals surface area (Å²) in [7, 11) is 0. The highest BCUT2D eigenvalue weighted by atomic mass is 79.9. The van der Waals surface area contributed by atoms with Crippen molar-refractivity contribution in [1.82, 2.24) is 29.5 Å². The lowest BCUT2D eigenvalue weighted by molar-refractivity contribution is 0.0978. The largest absolute Gasteiger partial charge is 0.376 e. The normalized spacial score (nSPS) is 20.2. The molecule has 5 rings (SSSR count). The number of hydrogen-bond donors (Lipinski definition) is 0. The zero-order valence-electron chi connectivity index (χ0n) is 15.4. The van der Waals surface area contributed by atoms with E-state index in [2.05, 4.69) is 55.2 Å². The van der Waals surface area contributed by atoms with Gasteiger partial charge in [-0.05, 0) is 28.8 Å². The number of nitrogens with zero attached hydrogens (tertiary/aromatic N) is 8. The first-order valence-corrected chi connectivity index (χ1v) is 10.3. The second-order valence-electron chi connectivity index (χ2n) is 7.08. The van der Waals surface area contributed by atoms with Crippen LogP contribution in [-0.2, 0) is 11.3 Å². The first-order valence-electron chi connectivity index (χ1n) is 9.53. The minimum atomic E-state index is 0.255. The topological polar surface area (TPSA) is 85.1 Å². The van der Waals surface area contributed by atoms with Crippen LogP contribution in [-0.4, -0.2) is 68.4 Å². The van der Waals surface area contributed by atoms with Gasteiger partial charge in [0.15, 0.2) is 17.0 Å². The predicted octanol–water partition coefficient (Wildman–Crippen LogP) is 1.88. The molecular weight excluding hydrogens is 424 g/mol. The van der Waals surface area contributed by atoms with E-state index in [4.69, 9.17) is 4.74 Å². The van der Waals surface area contributed by atoms with Crippen LogP contribution in [0.5, 0.6) is 0 Å². The Morgan fingerprint density at radius 3 is 2.54 bits per heavy atom. The molecule has 0 N–H and O–H groups in total. The molecule has 3 aromatic heterocycles. The summed E-state index contributed by atoms with van der Waals surface area (Å²) in [4.78, 5) is 26.9. The maximum absolute atomic E-state index is 5.76. The van der Waals surface area contributed by atoms with Crippen molar-refractivity contribution in [3.63, 3.8) is 0 Å². The summed E-state index contributed by atoms with van der Waals surface area (Å²) in [6.45, 7) is 4.99. The van der Waals surface area contributed by atoms with Crippen LogP contribution >= 0.6 is 15.9 Å². The maximum Gasteiger partial charge on any atom is 0.225 e. The molecule has 10 heteroatoms. The van der Waals surface area contributed by atoms with Gasteiger partial charge in [0, 0.05) is 45.2 Å². The Morgan fingerprint density at radius 1 is 1.00 bits per heavy atom. The van der Waals surface area contributed by atoms with Crippen LogP contribution in [0.3, 0.4) is 0 Å². The van der Waals surface area contributed by atoms with Gasteiger partial charge >= 0.3 is 0 Å². The molecule has 0 amide bonds. The molecule has 0 spiro atoms. The van der Waals surface area contributed by atoms with Crippen molar-refractivity contribution < 1.29 is 4.74 Å². The van der Waals surface area contributed by atoms with Crippen molar-refractivity contribution >= 4 is 38.9 Å². The van der Waals surface area contributed by atoms with Crippen molar-refractivity contribution in [3.05, 3.63) is 29.5 Å². The second-order valence-corrected chi connectivity index (χ2v) is 7.99. The minimum Gasteiger partial charge on any atom is -0.376 e. The lowest BCUT2D eigenvalue weighted by Crippen LogP contribution is -2.47. The fourth-order valence-corrected chi connectivity index (χ4v) is 4.03. The number of halogens is 1. The highest BCUT2D eigenvalue weighted by Gasteiger charge is 2.24. The fraction of sp³-hybridized carbons (Fsp3) is 0.500. The summed E-state index contributed by atoms with van der Waals surface area (Å²) >= 11 is 3.38. The average Bonchev–Trinajstić information content (AvgIpc) is 3.39. The molecule has 146 valence electrons. The van der Waals surface area contributed by atoms with E-state index < -0.39 is 0 Å². The molecule has 2 aliphatic rings. The van der Waals surface area contributed by atoms with Gasteiger partial charge in [-0.15, -0.1) is 0 Å². The molecule has 2 fully saturated rings. The Bertz CT molecular complexity index is 948. The highest BCUT2D eigenvalue weighted by Crippen LogP contribution is 2.25. The van der Waals surface area contributed by atoms with Gasteiger partial charge in [0.2, 0.25) is 5.95 Å². The summed E-state index contributed by atoms with van der Waals surface area (Å²) in [6.07, 6.45) is 9.53. The van der Waals surface area contributed by atoms with Crippen molar-refractivity contribution in [2.75, 3.05) is 42.6 Å². The molecule has 2 saturated heterocycles. The quantitative estimate of drug-likeness (QED) is 0.602. The number of rotatable bonds is 4.